The number of pyridine rings is 6. The maximum absolute atomic E-state index is 14.4. The molecule has 0 aliphatic rings. The number of nitriles is 1. The fourth-order valence-corrected chi connectivity index (χ4v) is 13.5. The van der Waals surface area contributed by atoms with E-state index in [1.807, 2.05) is 6.92 Å². The lowest BCUT2D eigenvalue weighted by Crippen LogP contribution is -2.22. The van der Waals surface area contributed by atoms with E-state index in [0.717, 1.165) is 110 Å². The van der Waals surface area contributed by atoms with Gasteiger partial charge in [0.15, 0.2) is 92.5 Å². The van der Waals surface area contributed by atoms with Gasteiger partial charge in [-0.1, -0.05) is 50.7 Å². The van der Waals surface area contributed by atoms with E-state index in [1.165, 1.54) is 88.6 Å². The van der Waals surface area contributed by atoms with E-state index in [1.54, 1.807) is 42.7 Å². The number of methoxy groups -OCH3 is 7. The number of hydrogen-bond donors (Lipinski definition) is 4. The normalized spacial score (nSPS) is 10.5. The van der Waals surface area contributed by atoms with E-state index in [4.69, 9.17) is 69.9 Å². The third-order valence-electron chi connectivity index (χ3n) is 18.5. The molecule has 690 valence electrons. The molecule has 4 N–H and O–H groups in total. The van der Waals surface area contributed by atoms with Crippen LogP contribution in [0.2, 0.25) is 15.5 Å². The number of nitrogens with one attached hydrogen (secondary N) is 1. The third-order valence-corrected chi connectivity index (χ3v) is 19.6. The molecule has 41 heteroatoms. The van der Waals surface area contributed by atoms with Crippen LogP contribution in [0.1, 0.15) is 47.8 Å². The monoisotopic (exact) mass is 1960 g/mol. The summed E-state index contributed by atoms with van der Waals surface area (Å²) in [6, 6.07) is 27.1. The first kappa shape index (κ1) is 104. The molecule has 6 heterocycles. The van der Waals surface area contributed by atoms with Crippen molar-refractivity contribution in [3.63, 3.8) is 0 Å². The number of alkyl halides is 1. The maximum Gasteiger partial charge on any atom is 0.342 e. The van der Waals surface area contributed by atoms with Gasteiger partial charge >= 0.3 is 5.97 Å². The van der Waals surface area contributed by atoms with Crippen molar-refractivity contribution in [1.82, 2.24) is 28.7 Å². The molecule has 0 bridgehead atoms. The standard InChI is InChI=1S/C17H14ClF2N3O.C17H13ClF2N2O2.C16H11ClF2N2O2.C9H7F2NO.C8H7BrF2O.C8H6F2O3.C8H8F2O2.C7H6F2O/c1-3-23-13-7-14(18)22-8-9(13)6-10(17(23)21)15-11(19)4-5-12(20)16(15)24-2;1-3-22-13-7-14(18)21-8-9(13)6-10(17(22)23)15-11(19)4-5-12(20)16(15)24-2;1-2-21-12-6-13(17)20-7-8(12)5-9(16(21)23)14-10(18)3-4-11(19)15(14)22;1-13-9-6(4-5-12)7(10)2-3-8(9)11;1-12-8-5(4-9)6(10)2-3-7(8)11;1-13-7-5(10)3-2-4(9)6(7)8(11)12;1-12-8-5(4-11)6(9)2-3-7(8)10;1-10-7-4-5(8)2-3-6(7)9/h4-8,21H,3H2,1-2H3;4-8H,3H2,1-2H3;3-7,22H,2H2,1H3;2-3H,4H2,1H3;2-3H,4H2,1H3;2-3H,1H3,(H,11,12);2-3,11H,4H2,1H3;2-4H,1H3. The number of benzene rings is 8. The highest BCUT2D eigenvalue weighted by atomic mass is 79.9. The summed E-state index contributed by atoms with van der Waals surface area (Å²) in [6.45, 7) is 5.88. The summed E-state index contributed by atoms with van der Waals surface area (Å²) >= 11 is 20.7. The van der Waals surface area contributed by atoms with E-state index < -0.39 is 139 Å². The SMILES string of the molecule is CCn1c(=N)c(-c2c(F)ccc(F)c2OC)cc2cnc(Cl)cc21.CCn1c(=O)c(-c2c(F)ccc(F)c2O)cc2cnc(Cl)cc21.CCn1c(=O)c(-c2c(F)ccc(F)c2OC)cc2cnc(Cl)cc21.COc1c(F)ccc(F)c1C(=O)O.COc1c(F)ccc(F)c1CBr.COc1c(F)ccc(F)c1CC#N.COc1c(F)ccc(F)c1CO.COc1cc(F)ccc1F. The summed E-state index contributed by atoms with van der Waals surface area (Å²) < 4.78 is 250. The van der Waals surface area contributed by atoms with Gasteiger partial charge in [0.25, 0.3) is 11.1 Å². The number of aryl methyl sites for hydroxylation is 3. The Morgan fingerprint density at radius 1 is 0.412 bits per heavy atom. The molecule has 0 spiro atoms. The van der Waals surface area contributed by atoms with Gasteiger partial charge in [-0.25, -0.2) is 90.0 Å². The first-order chi connectivity index (χ1) is 62.3. The Morgan fingerprint density at radius 2 is 0.733 bits per heavy atom. The fourth-order valence-electron chi connectivity index (χ4n) is 12.5. The number of hydrogen-bond acceptors (Lipinski definition) is 17. The zero-order chi connectivity index (χ0) is 97.3. The summed E-state index contributed by atoms with van der Waals surface area (Å²) in [6.07, 6.45) is 4.25. The van der Waals surface area contributed by atoms with Crippen molar-refractivity contribution in [2.75, 3.05) is 49.8 Å². The van der Waals surface area contributed by atoms with Crippen molar-refractivity contribution in [2.45, 2.75) is 58.8 Å². The average Bonchev–Trinajstić information content (AvgIpc) is 0.763. The number of halogens is 20. The smallest absolute Gasteiger partial charge is 0.342 e. The zero-order valence-corrected chi connectivity index (χ0v) is 73.7. The molecule has 14 aromatic rings. The molecule has 131 heavy (non-hydrogen) atoms. The Hall–Kier alpha value is -13.6. The lowest BCUT2D eigenvalue weighted by atomic mass is 10.0. The highest BCUT2D eigenvalue weighted by Crippen LogP contribution is 2.39. The number of carboxylic acid groups (broad SMARTS) is 1. The Bertz CT molecular complexity index is 6500. The van der Waals surface area contributed by atoms with Crippen LogP contribution in [0.4, 0.5) is 70.2 Å². The predicted molar refractivity (Wildman–Crippen MR) is 460 cm³/mol. The quantitative estimate of drug-likeness (QED) is 0.0374. The van der Waals surface area contributed by atoms with Crippen molar-refractivity contribution >= 4 is 89.4 Å². The van der Waals surface area contributed by atoms with Crippen LogP contribution < -0.4 is 49.8 Å². The fraction of sp³-hybridized carbons (Fsp3) is 0.178. The van der Waals surface area contributed by atoms with Crippen LogP contribution in [0.15, 0.2) is 168 Å². The molecular formula is C90H72BrCl3F16N8O13. The van der Waals surface area contributed by atoms with Crippen LogP contribution in [-0.4, -0.2) is 99.7 Å². The van der Waals surface area contributed by atoms with Crippen LogP contribution >= 0.6 is 50.7 Å². The number of phenols is 1. The largest absolute Gasteiger partial charge is 0.504 e. The van der Waals surface area contributed by atoms with Crippen LogP contribution in [0, 0.1) is 110 Å². The van der Waals surface area contributed by atoms with Crippen molar-refractivity contribution in [3.8, 4) is 85.4 Å². The number of aliphatic hydroxyl groups excluding tert-OH is 1. The lowest BCUT2D eigenvalue weighted by Gasteiger charge is -2.16. The van der Waals surface area contributed by atoms with Crippen molar-refractivity contribution in [2.24, 2.45) is 0 Å². The van der Waals surface area contributed by atoms with Gasteiger partial charge in [0, 0.05) is 82.5 Å². The average molecular weight is 1960 g/mol. The summed E-state index contributed by atoms with van der Waals surface area (Å²) in [5, 5.41) is 46.6. The molecule has 21 nitrogen and oxygen atoms in total. The number of aromatic nitrogens is 6. The van der Waals surface area contributed by atoms with Gasteiger partial charge < -0.3 is 62.2 Å². The van der Waals surface area contributed by atoms with Gasteiger partial charge in [-0.2, -0.15) is 5.26 Å². The molecule has 0 radical (unpaired) electrons. The summed E-state index contributed by atoms with van der Waals surface area (Å²) in [5.41, 5.74) is -0.629. The first-order valence-corrected chi connectivity index (χ1v) is 39.7. The summed E-state index contributed by atoms with van der Waals surface area (Å²) in [7, 11) is 8.62. The number of aromatic hydroxyl groups is 1. The van der Waals surface area contributed by atoms with Crippen molar-refractivity contribution in [1.29, 1.82) is 10.7 Å². The topological polar surface area (TPSA) is 278 Å². The molecule has 0 fully saturated rings. The van der Waals surface area contributed by atoms with E-state index in [0.29, 0.717) is 57.5 Å². The van der Waals surface area contributed by atoms with E-state index in [2.05, 4.69) is 49.8 Å². The molecule has 6 aromatic heterocycles. The van der Waals surface area contributed by atoms with E-state index >= 15 is 0 Å². The van der Waals surface area contributed by atoms with Gasteiger partial charge in [0.05, 0.1) is 119 Å². The minimum absolute atomic E-state index is 0.00215. The number of phenolic OH excluding ortho intramolecular Hbond substituents is 1. The van der Waals surface area contributed by atoms with Gasteiger partial charge in [0.1, 0.15) is 73.0 Å². The van der Waals surface area contributed by atoms with Crippen LogP contribution in [0.5, 0.6) is 46.0 Å². The molecular weight excluding hydrogens is 1890 g/mol. The first-order valence-electron chi connectivity index (χ1n) is 37.5. The van der Waals surface area contributed by atoms with Crippen LogP contribution in [0.25, 0.3) is 66.1 Å². The van der Waals surface area contributed by atoms with Gasteiger partial charge in [-0.05, 0) is 154 Å². The molecule has 0 aliphatic heterocycles. The highest BCUT2D eigenvalue weighted by Gasteiger charge is 2.27. The number of fused-ring (bicyclic) bond motifs is 3. The van der Waals surface area contributed by atoms with E-state index in [9.17, 15) is 89.7 Å². The van der Waals surface area contributed by atoms with Gasteiger partial charge in [0.2, 0.25) is 0 Å². The number of aromatic carboxylic acids is 1. The number of carboxylic acids is 1. The number of aliphatic hydroxyl groups is 1. The molecule has 0 saturated carbocycles. The second-order valence-electron chi connectivity index (χ2n) is 26.0. The summed E-state index contributed by atoms with van der Waals surface area (Å²) in [4.78, 5) is 47.9. The number of nitrogens with zero attached hydrogens (tertiary/aromatic N) is 7. The van der Waals surface area contributed by atoms with E-state index in [-0.39, 0.29) is 107 Å². The molecule has 0 amide bonds. The van der Waals surface area contributed by atoms with Crippen molar-refractivity contribution in [3.05, 3.63) is 315 Å². The predicted octanol–water partition coefficient (Wildman–Crippen LogP) is 21.9. The minimum atomic E-state index is -1.56. The minimum Gasteiger partial charge on any atom is -0.504 e. The second kappa shape index (κ2) is 48.2. The van der Waals surface area contributed by atoms with Crippen LogP contribution in [-0.2, 0) is 38.0 Å². The molecule has 8 aromatic carbocycles. The number of rotatable bonds is 17. The lowest BCUT2D eigenvalue weighted by molar-refractivity contribution is 0.0686. The molecule has 14 rings (SSSR count). The number of carbonyl (C=O) groups is 1. The van der Waals surface area contributed by atoms with Gasteiger partial charge in [-0.3, -0.25) is 15.0 Å². The number of ether oxygens (including phenoxy) is 7. The second-order valence-corrected chi connectivity index (χ2v) is 27.7. The molecule has 0 saturated heterocycles. The zero-order valence-electron chi connectivity index (χ0n) is 69.9. The summed E-state index contributed by atoms with van der Waals surface area (Å²) in [5.74, 6) is -15.5. The Morgan fingerprint density at radius 3 is 1.09 bits per heavy atom. The molecule has 0 aliphatic carbocycles. The molecule has 0 atom stereocenters. The maximum atomic E-state index is 14.4. The highest BCUT2D eigenvalue weighted by molar-refractivity contribution is 9.08. The Balaban J connectivity index is 0.000000209. The third kappa shape index (κ3) is 24.7. The van der Waals surface area contributed by atoms with Crippen LogP contribution in [0.3, 0.4) is 0 Å². The molecule has 0 unspecified atom stereocenters. The van der Waals surface area contributed by atoms with Gasteiger partial charge in [-0.15, -0.1) is 0 Å². The Labute approximate surface area is 757 Å². The Kier molecular flexibility index (Phi) is 38.4. The van der Waals surface area contributed by atoms with Crippen molar-refractivity contribution < 1.29 is 124 Å².